The van der Waals surface area contributed by atoms with Crippen LogP contribution in [-0.4, -0.2) is 22.1 Å². The van der Waals surface area contributed by atoms with Crippen LogP contribution in [0.2, 0.25) is 0 Å². The molecule has 0 aliphatic rings. The van der Waals surface area contributed by atoms with E-state index in [1.54, 1.807) is 18.6 Å². The Labute approximate surface area is 74.4 Å². The number of oxazole rings is 1. The van der Waals surface area contributed by atoms with Crippen molar-refractivity contribution in [3.63, 3.8) is 0 Å². The van der Waals surface area contributed by atoms with Crippen LogP contribution in [0, 0.1) is 6.39 Å². The molecule has 2 rings (SSSR count). The molecule has 0 unspecified atom stereocenters. The fourth-order valence-electron chi connectivity index (χ4n) is 0.921. The molecule has 65 valence electrons. The first kappa shape index (κ1) is 7.72. The van der Waals surface area contributed by atoms with E-state index < -0.39 is 0 Å². The predicted molar refractivity (Wildman–Crippen MR) is 42.9 cm³/mol. The van der Waals surface area contributed by atoms with Gasteiger partial charge in [-0.15, -0.1) is 0 Å². The van der Waals surface area contributed by atoms with Crippen molar-refractivity contribution in [2.45, 2.75) is 0 Å². The van der Waals surface area contributed by atoms with Gasteiger partial charge in [0.2, 0.25) is 5.76 Å². The van der Waals surface area contributed by atoms with Gasteiger partial charge in [0.15, 0.2) is 0 Å². The summed E-state index contributed by atoms with van der Waals surface area (Å²) < 4.78 is 9.91. The van der Waals surface area contributed by atoms with Gasteiger partial charge in [0.05, 0.1) is 13.3 Å². The number of aromatic nitrogens is 3. The molecular formula is C8H6N3O2. The molecule has 5 nitrogen and oxygen atoms in total. The molecule has 0 aliphatic carbocycles. The summed E-state index contributed by atoms with van der Waals surface area (Å²) in [4.78, 5) is 11.7. The summed E-state index contributed by atoms with van der Waals surface area (Å²) in [6.45, 7) is 0. The average molecular weight is 176 g/mol. The SMILES string of the molecule is COc1n[c]oc1-c1cnccn1. The summed E-state index contributed by atoms with van der Waals surface area (Å²) >= 11 is 0. The van der Waals surface area contributed by atoms with Crippen molar-refractivity contribution in [2.24, 2.45) is 0 Å². The van der Waals surface area contributed by atoms with Gasteiger partial charge in [0.1, 0.15) is 5.69 Å². The topological polar surface area (TPSA) is 61.0 Å². The Morgan fingerprint density at radius 2 is 2.38 bits per heavy atom. The maximum Gasteiger partial charge on any atom is 0.287 e. The molecule has 2 aromatic rings. The smallest absolute Gasteiger partial charge is 0.287 e. The van der Waals surface area contributed by atoms with Crippen LogP contribution >= 0.6 is 0 Å². The molecule has 2 heterocycles. The monoisotopic (exact) mass is 176 g/mol. The van der Waals surface area contributed by atoms with Crippen molar-refractivity contribution >= 4 is 0 Å². The second kappa shape index (κ2) is 3.22. The standard InChI is InChI=1S/C8H6N3O2/c1-12-8-7(13-5-11-8)6-4-9-2-3-10-6/h2-4H,1H3. The highest BCUT2D eigenvalue weighted by atomic mass is 16.5. The minimum Gasteiger partial charge on any atom is -0.478 e. The highest BCUT2D eigenvalue weighted by Gasteiger charge is 2.12. The molecule has 0 amide bonds. The largest absolute Gasteiger partial charge is 0.478 e. The van der Waals surface area contributed by atoms with Crippen molar-refractivity contribution in [1.29, 1.82) is 0 Å². The second-order valence-electron chi connectivity index (χ2n) is 2.23. The predicted octanol–water partition coefficient (Wildman–Crippen LogP) is 0.940. The van der Waals surface area contributed by atoms with Crippen LogP contribution in [-0.2, 0) is 0 Å². The summed E-state index contributed by atoms with van der Waals surface area (Å²) in [5, 5.41) is 0. The zero-order valence-corrected chi connectivity index (χ0v) is 6.89. The van der Waals surface area contributed by atoms with Gasteiger partial charge in [0, 0.05) is 12.4 Å². The first-order chi connectivity index (χ1) is 6.42. The number of nitrogens with zero attached hydrogens (tertiary/aromatic N) is 3. The van der Waals surface area contributed by atoms with Crippen LogP contribution in [0.1, 0.15) is 0 Å². The van der Waals surface area contributed by atoms with Crippen molar-refractivity contribution < 1.29 is 9.15 Å². The molecule has 0 aliphatic heterocycles. The van der Waals surface area contributed by atoms with Crippen LogP contribution in [0.15, 0.2) is 23.0 Å². The molecule has 0 saturated carbocycles. The van der Waals surface area contributed by atoms with Gasteiger partial charge in [0.25, 0.3) is 12.3 Å². The maximum absolute atomic E-state index is 4.98. The van der Waals surface area contributed by atoms with Crippen LogP contribution in [0.4, 0.5) is 0 Å². The zero-order chi connectivity index (χ0) is 9.10. The first-order valence-electron chi connectivity index (χ1n) is 3.59. The molecule has 2 aromatic heterocycles. The first-order valence-corrected chi connectivity index (χ1v) is 3.59. The molecule has 5 heteroatoms. The van der Waals surface area contributed by atoms with Crippen molar-refractivity contribution in [1.82, 2.24) is 15.0 Å². The number of methoxy groups -OCH3 is 1. The zero-order valence-electron chi connectivity index (χ0n) is 6.89. The normalized spacial score (nSPS) is 9.92. The molecule has 0 bridgehead atoms. The minimum absolute atomic E-state index is 0.362. The highest BCUT2D eigenvalue weighted by Crippen LogP contribution is 2.25. The Bertz CT molecular complexity index is 385. The van der Waals surface area contributed by atoms with E-state index in [1.165, 1.54) is 7.11 Å². The van der Waals surface area contributed by atoms with Gasteiger partial charge in [-0.05, 0) is 0 Å². The van der Waals surface area contributed by atoms with Crippen molar-refractivity contribution in [2.75, 3.05) is 7.11 Å². The molecule has 13 heavy (non-hydrogen) atoms. The summed E-state index contributed by atoms with van der Waals surface area (Å²) in [7, 11) is 1.51. The van der Waals surface area contributed by atoms with E-state index in [2.05, 4.69) is 21.3 Å². The van der Waals surface area contributed by atoms with Crippen molar-refractivity contribution in [3.05, 3.63) is 25.0 Å². The van der Waals surface area contributed by atoms with Gasteiger partial charge in [-0.1, -0.05) is 0 Å². The molecule has 0 aromatic carbocycles. The third kappa shape index (κ3) is 1.35. The molecule has 0 N–H and O–H groups in total. The second-order valence-corrected chi connectivity index (χ2v) is 2.23. The van der Waals surface area contributed by atoms with E-state index in [9.17, 15) is 0 Å². The van der Waals surface area contributed by atoms with Crippen LogP contribution in [0.3, 0.4) is 0 Å². The Balaban J connectivity index is 2.47. The lowest BCUT2D eigenvalue weighted by molar-refractivity contribution is 0.398. The van der Waals surface area contributed by atoms with E-state index in [0.29, 0.717) is 17.3 Å². The van der Waals surface area contributed by atoms with E-state index in [0.717, 1.165) is 0 Å². The van der Waals surface area contributed by atoms with Crippen LogP contribution in [0.5, 0.6) is 5.88 Å². The molecule has 0 atom stereocenters. The molecule has 0 spiro atoms. The Morgan fingerprint density at radius 3 is 3.08 bits per heavy atom. The Hall–Kier alpha value is -1.91. The number of ether oxygens (including phenoxy) is 1. The molecule has 0 fully saturated rings. The van der Waals surface area contributed by atoms with E-state index in [4.69, 9.17) is 9.15 Å². The fraction of sp³-hybridized carbons (Fsp3) is 0.125. The van der Waals surface area contributed by atoms with Gasteiger partial charge in [-0.25, -0.2) is 4.98 Å². The van der Waals surface area contributed by atoms with E-state index in [1.807, 2.05) is 0 Å². The van der Waals surface area contributed by atoms with Gasteiger partial charge >= 0.3 is 0 Å². The number of hydrogen-bond donors (Lipinski definition) is 0. The number of hydrogen-bond acceptors (Lipinski definition) is 5. The molecular weight excluding hydrogens is 170 g/mol. The lowest BCUT2D eigenvalue weighted by Crippen LogP contribution is -1.87. The average Bonchev–Trinajstić information content (AvgIpc) is 2.67. The Morgan fingerprint density at radius 1 is 1.46 bits per heavy atom. The van der Waals surface area contributed by atoms with Crippen LogP contribution < -0.4 is 4.74 Å². The minimum atomic E-state index is 0.362. The van der Waals surface area contributed by atoms with Crippen molar-refractivity contribution in [3.8, 4) is 17.3 Å². The summed E-state index contributed by atoms with van der Waals surface area (Å²) in [5.74, 6) is 0.802. The summed E-state index contributed by atoms with van der Waals surface area (Å²) in [6.07, 6.45) is 7.04. The van der Waals surface area contributed by atoms with E-state index in [-0.39, 0.29) is 0 Å². The van der Waals surface area contributed by atoms with E-state index >= 15 is 0 Å². The third-order valence-corrected chi connectivity index (χ3v) is 1.48. The lowest BCUT2D eigenvalue weighted by Gasteiger charge is -1.96. The maximum atomic E-state index is 4.98. The van der Waals surface area contributed by atoms with Gasteiger partial charge in [-0.2, -0.15) is 4.98 Å². The quantitative estimate of drug-likeness (QED) is 0.681. The molecule has 0 saturated heterocycles. The third-order valence-electron chi connectivity index (χ3n) is 1.48. The Kier molecular flexibility index (Phi) is 1.91. The summed E-state index contributed by atoms with van der Waals surface area (Å²) in [5.41, 5.74) is 0.577. The van der Waals surface area contributed by atoms with Crippen LogP contribution in [0.25, 0.3) is 11.5 Å². The van der Waals surface area contributed by atoms with Gasteiger partial charge in [-0.3, -0.25) is 4.98 Å². The number of rotatable bonds is 2. The lowest BCUT2D eigenvalue weighted by atomic mass is 10.3. The fourth-order valence-corrected chi connectivity index (χ4v) is 0.921. The van der Waals surface area contributed by atoms with Gasteiger partial charge < -0.3 is 9.15 Å². The summed E-state index contributed by atoms with van der Waals surface area (Å²) in [6, 6.07) is 0. The highest BCUT2D eigenvalue weighted by molar-refractivity contribution is 5.56. The molecule has 1 radical (unpaired) electrons.